The van der Waals surface area contributed by atoms with Gasteiger partial charge in [0.05, 0.1) is 18.2 Å². The summed E-state index contributed by atoms with van der Waals surface area (Å²) in [5, 5.41) is 11.4. The summed E-state index contributed by atoms with van der Waals surface area (Å²) in [7, 11) is 0. The lowest BCUT2D eigenvalue weighted by Crippen LogP contribution is -2.33. The summed E-state index contributed by atoms with van der Waals surface area (Å²) < 4.78 is 5.56. The van der Waals surface area contributed by atoms with Gasteiger partial charge in [0.15, 0.2) is 0 Å². The van der Waals surface area contributed by atoms with Gasteiger partial charge in [-0.2, -0.15) is 0 Å². The Bertz CT molecular complexity index is 632. The zero-order valence-corrected chi connectivity index (χ0v) is 14.4. The van der Waals surface area contributed by atoms with E-state index in [1.165, 1.54) is 0 Å². The third kappa shape index (κ3) is 5.20. The lowest BCUT2D eigenvalue weighted by Gasteiger charge is -2.20. The highest BCUT2D eigenvalue weighted by molar-refractivity contribution is 6.01. The average Bonchev–Trinajstić information content (AvgIpc) is 2.97. The zero-order valence-electron chi connectivity index (χ0n) is 14.4. The molecule has 0 aromatic heterocycles. The minimum absolute atomic E-state index is 0.0970. The van der Waals surface area contributed by atoms with Crippen molar-refractivity contribution in [3.8, 4) is 5.75 Å². The van der Waals surface area contributed by atoms with Gasteiger partial charge in [-0.25, -0.2) is 0 Å². The molecule has 0 aliphatic carbocycles. The van der Waals surface area contributed by atoms with Crippen molar-refractivity contribution in [2.24, 2.45) is 5.92 Å². The number of unbranched alkanes of at least 4 members (excludes halogenated alkanes) is 1. The molecule has 1 aromatic carbocycles. The van der Waals surface area contributed by atoms with Crippen LogP contribution in [0.15, 0.2) is 24.3 Å². The Morgan fingerprint density at radius 1 is 1.32 bits per heavy atom. The number of aliphatic carboxylic acids is 1. The Labute approximate surface area is 147 Å². The van der Waals surface area contributed by atoms with Gasteiger partial charge < -0.3 is 20.1 Å². The molecule has 25 heavy (non-hydrogen) atoms. The Balaban J connectivity index is 1.89. The number of nitrogens with zero attached hydrogens (tertiary/aromatic N) is 1. The van der Waals surface area contributed by atoms with Crippen molar-refractivity contribution >= 4 is 23.5 Å². The van der Waals surface area contributed by atoms with Gasteiger partial charge in [0.25, 0.3) is 0 Å². The highest BCUT2D eigenvalue weighted by atomic mass is 16.5. The van der Waals surface area contributed by atoms with Gasteiger partial charge in [0.2, 0.25) is 11.8 Å². The standard InChI is InChI=1S/C18H24N2O5/c1-2-25-15-8-4-3-7-14(15)20-12-13(11-16(20)21)18(24)19-10-6-5-9-17(22)23/h3-4,7-8,13H,2,5-6,9-12H2,1H3,(H,19,24)(H,22,23). The second-order valence-corrected chi connectivity index (χ2v) is 5.95. The molecule has 1 saturated heterocycles. The van der Waals surface area contributed by atoms with Crippen molar-refractivity contribution in [3.05, 3.63) is 24.3 Å². The zero-order chi connectivity index (χ0) is 18.2. The topological polar surface area (TPSA) is 95.9 Å². The molecule has 0 radical (unpaired) electrons. The number of carbonyl (C=O) groups excluding carboxylic acids is 2. The van der Waals surface area contributed by atoms with Gasteiger partial charge in [-0.1, -0.05) is 12.1 Å². The second-order valence-electron chi connectivity index (χ2n) is 5.95. The first-order valence-electron chi connectivity index (χ1n) is 8.54. The molecule has 7 heteroatoms. The quantitative estimate of drug-likeness (QED) is 0.664. The Morgan fingerprint density at radius 3 is 2.80 bits per heavy atom. The van der Waals surface area contributed by atoms with E-state index in [-0.39, 0.29) is 24.7 Å². The molecule has 1 aliphatic rings. The van der Waals surface area contributed by atoms with Crippen LogP contribution in [0.1, 0.15) is 32.6 Å². The molecule has 2 N–H and O–H groups in total. The van der Waals surface area contributed by atoms with Crippen LogP contribution in [-0.4, -0.2) is 42.6 Å². The van der Waals surface area contributed by atoms with Crippen LogP contribution in [0, 0.1) is 5.92 Å². The number of para-hydroxylation sites is 2. The summed E-state index contributed by atoms with van der Waals surface area (Å²) in [6, 6.07) is 7.30. The number of carboxylic acids is 1. The summed E-state index contributed by atoms with van der Waals surface area (Å²) in [6.45, 7) is 3.12. The van der Waals surface area contributed by atoms with Gasteiger partial charge in [0, 0.05) is 25.9 Å². The Kier molecular flexibility index (Phi) is 6.80. The third-order valence-electron chi connectivity index (χ3n) is 4.07. The highest BCUT2D eigenvalue weighted by Gasteiger charge is 2.36. The van der Waals surface area contributed by atoms with E-state index >= 15 is 0 Å². The number of rotatable bonds is 9. The molecule has 1 atom stereocenters. The Morgan fingerprint density at radius 2 is 2.08 bits per heavy atom. The molecular weight excluding hydrogens is 324 g/mol. The average molecular weight is 348 g/mol. The predicted molar refractivity (Wildman–Crippen MR) is 92.6 cm³/mol. The fourth-order valence-corrected chi connectivity index (χ4v) is 2.83. The summed E-state index contributed by atoms with van der Waals surface area (Å²) in [5.41, 5.74) is 0.686. The molecule has 2 amide bonds. The monoisotopic (exact) mass is 348 g/mol. The number of hydrogen-bond acceptors (Lipinski definition) is 4. The number of carbonyl (C=O) groups is 3. The predicted octanol–water partition coefficient (Wildman–Crippen LogP) is 1.81. The summed E-state index contributed by atoms with van der Waals surface area (Å²) >= 11 is 0. The molecule has 0 spiro atoms. The van der Waals surface area contributed by atoms with Crippen molar-refractivity contribution in [3.63, 3.8) is 0 Å². The SMILES string of the molecule is CCOc1ccccc1N1CC(C(=O)NCCCCC(=O)O)CC1=O. The lowest BCUT2D eigenvalue weighted by atomic mass is 10.1. The Hall–Kier alpha value is -2.57. The number of anilines is 1. The highest BCUT2D eigenvalue weighted by Crippen LogP contribution is 2.33. The van der Waals surface area contributed by atoms with Gasteiger partial charge in [-0.15, -0.1) is 0 Å². The summed E-state index contributed by atoms with van der Waals surface area (Å²) in [5.74, 6) is -0.871. The van der Waals surface area contributed by atoms with Crippen molar-refractivity contribution in [2.45, 2.75) is 32.6 Å². The molecule has 7 nitrogen and oxygen atoms in total. The van der Waals surface area contributed by atoms with E-state index in [0.717, 1.165) is 0 Å². The van der Waals surface area contributed by atoms with Crippen molar-refractivity contribution in [2.75, 3.05) is 24.6 Å². The summed E-state index contributed by atoms with van der Waals surface area (Å²) in [6.07, 6.45) is 1.39. The molecule has 1 unspecified atom stereocenters. The number of carboxylic acid groups (broad SMARTS) is 1. The fraction of sp³-hybridized carbons (Fsp3) is 0.500. The van der Waals surface area contributed by atoms with Crippen LogP contribution in [0.5, 0.6) is 5.75 Å². The van der Waals surface area contributed by atoms with Crippen molar-refractivity contribution < 1.29 is 24.2 Å². The number of amides is 2. The van der Waals surface area contributed by atoms with E-state index in [9.17, 15) is 14.4 Å². The molecule has 1 aliphatic heterocycles. The maximum atomic E-state index is 12.3. The first kappa shape index (κ1) is 18.8. The molecule has 1 heterocycles. The molecule has 2 rings (SSSR count). The van der Waals surface area contributed by atoms with E-state index < -0.39 is 11.9 Å². The number of benzene rings is 1. The van der Waals surface area contributed by atoms with E-state index in [2.05, 4.69) is 5.32 Å². The number of nitrogens with one attached hydrogen (secondary N) is 1. The van der Waals surface area contributed by atoms with Crippen LogP contribution in [0.4, 0.5) is 5.69 Å². The van der Waals surface area contributed by atoms with E-state index in [1.54, 1.807) is 4.90 Å². The van der Waals surface area contributed by atoms with Crippen molar-refractivity contribution in [1.82, 2.24) is 5.32 Å². The van der Waals surface area contributed by atoms with Crippen LogP contribution >= 0.6 is 0 Å². The molecule has 0 saturated carbocycles. The lowest BCUT2D eigenvalue weighted by molar-refractivity contribution is -0.137. The van der Waals surface area contributed by atoms with Gasteiger partial charge >= 0.3 is 5.97 Å². The molecule has 0 bridgehead atoms. The minimum Gasteiger partial charge on any atom is -0.492 e. The van der Waals surface area contributed by atoms with Crippen molar-refractivity contribution in [1.29, 1.82) is 0 Å². The van der Waals surface area contributed by atoms with Crippen LogP contribution < -0.4 is 15.0 Å². The van der Waals surface area contributed by atoms with Gasteiger partial charge in [0.1, 0.15) is 5.75 Å². The van der Waals surface area contributed by atoms with Crippen LogP contribution in [0.3, 0.4) is 0 Å². The maximum absolute atomic E-state index is 12.3. The molecular formula is C18H24N2O5. The fourth-order valence-electron chi connectivity index (χ4n) is 2.83. The van der Waals surface area contributed by atoms with Gasteiger partial charge in [-0.3, -0.25) is 14.4 Å². The van der Waals surface area contributed by atoms with Crippen LogP contribution in [0.25, 0.3) is 0 Å². The maximum Gasteiger partial charge on any atom is 0.303 e. The minimum atomic E-state index is -0.837. The smallest absolute Gasteiger partial charge is 0.303 e. The first-order chi connectivity index (χ1) is 12.0. The van der Waals surface area contributed by atoms with E-state index in [1.807, 2.05) is 31.2 Å². The number of ether oxygens (including phenoxy) is 1. The first-order valence-corrected chi connectivity index (χ1v) is 8.54. The molecule has 1 aromatic rings. The van der Waals surface area contributed by atoms with Crippen LogP contribution in [0.2, 0.25) is 0 Å². The summed E-state index contributed by atoms with van der Waals surface area (Å²) in [4.78, 5) is 36.6. The normalized spacial score (nSPS) is 16.8. The largest absolute Gasteiger partial charge is 0.492 e. The van der Waals surface area contributed by atoms with Crippen LogP contribution in [-0.2, 0) is 14.4 Å². The van der Waals surface area contributed by atoms with Gasteiger partial charge in [-0.05, 0) is 31.9 Å². The molecule has 136 valence electrons. The third-order valence-corrected chi connectivity index (χ3v) is 4.07. The van der Waals surface area contributed by atoms with E-state index in [4.69, 9.17) is 9.84 Å². The number of hydrogen-bond donors (Lipinski definition) is 2. The second kappa shape index (κ2) is 9.05. The van der Waals surface area contributed by atoms with E-state index in [0.29, 0.717) is 44.0 Å². The molecule has 1 fully saturated rings.